The first-order valence-electron chi connectivity index (χ1n) is 13.2. The highest BCUT2D eigenvalue weighted by molar-refractivity contribution is 5.96. The number of benzene rings is 2. The lowest BCUT2D eigenvalue weighted by atomic mass is 9.91. The van der Waals surface area contributed by atoms with E-state index in [1.165, 1.54) is 17.7 Å². The number of aromatic amines is 1. The van der Waals surface area contributed by atoms with E-state index in [9.17, 15) is 9.18 Å². The van der Waals surface area contributed by atoms with E-state index in [0.717, 1.165) is 91.8 Å². The Morgan fingerprint density at radius 1 is 1.08 bits per heavy atom. The summed E-state index contributed by atoms with van der Waals surface area (Å²) in [6.45, 7) is 5.57. The lowest BCUT2D eigenvalue weighted by Gasteiger charge is -2.26. The van der Waals surface area contributed by atoms with Gasteiger partial charge in [0.05, 0.1) is 24.2 Å². The van der Waals surface area contributed by atoms with E-state index in [-0.39, 0.29) is 11.5 Å². The molecule has 0 amide bonds. The standard InChI is InChI=1S/C30H32FN3O3/c31-23-8-9-25-26(24-6-3-1-2-5-22(24)20-37-29(25)19-23)17-21-7-10-28-27(18-21)32-30(35)34(28)12-4-11-33-13-15-36-16-14-33/h3,6-10,17-19H,1-2,4-5,11-16,20H2,(H,32,35)/b26-17+. The number of fused-ring (bicyclic) bond motifs is 2. The second-order valence-corrected chi connectivity index (χ2v) is 9.96. The number of aromatic nitrogens is 2. The molecular formula is C30H32FN3O3. The Kier molecular flexibility index (Phi) is 6.81. The molecule has 7 heteroatoms. The number of nitrogens with one attached hydrogen (secondary N) is 1. The van der Waals surface area contributed by atoms with Gasteiger partial charge in [0.15, 0.2) is 0 Å². The third-order valence-corrected chi connectivity index (χ3v) is 7.51. The van der Waals surface area contributed by atoms with E-state index < -0.39 is 0 Å². The first kappa shape index (κ1) is 23.9. The summed E-state index contributed by atoms with van der Waals surface area (Å²) in [7, 11) is 0. The smallest absolute Gasteiger partial charge is 0.326 e. The molecule has 1 saturated heterocycles. The number of hydrogen-bond donors (Lipinski definition) is 1. The maximum atomic E-state index is 14.1. The number of aryl methyl sites for hydroxylation is 1. The summed E-state index contributed by atoms with van der Waals surface area (Å²) in [6.07, 6.45) is 10.5. The lowest BCUT2D eigenvalue weighted by molar-refractivity contribution is 0.0369. The largest absolute Gasteiger partial charge is 0.488 e. The van der Waals surface area contributed by atoms with E-state index in [2.05, 4.69) is 34.2 Å². The predicted octanol–water partition coefficient (Wildman–Crippen LogP) is 5.16. The number of hydrogen-bond acceptors (Lipinski definition) is 4. The Hall–Kier alpha value is -3.42. The predicted molar refractivity (Wildman–Crippen MR) is 144 cm³/mol. The Morgan fingerprint density at radius 2 is 1.97 bits per heavy atom. The average molecular weight is 502 g/mol. The molecule has 6 rings (SSSR count). The maximum absolute atomic E-state index is 14.1. The molecule has 1 fully saturated rings. The van der Waals surface area contributed by atoms with Gasteiger partial charge in [0.2, 0.25) is 0 Å². The summed E-state index contributed by atoms with van der Waals surface area (Å²) in [5.74, 6) is 0.258. The minimum Gasteiger partial charge on any atom is -0.488 e. The highest BCUT2D eigenvalue weighted by Gasteiger charge is 2.22. The fourth-order valence-corrected chi connectivity index (χ4v) is 5.56. The molecule has 2 aromatic carbocycles. The van der Waals surface area contributed by atoms with Gasteiger partial charge in [-0.15, -0.1) is 0 Å². The zero-order valence-corrected chi connectivity index (χ0v) is 21.0. The van der Waals surface area contributed by atoms with Crippen molar-refractivity contribution < 1.29 is 13.9 Å². The van der Waals surface area contributed by atoms with E-state index in [4.69, 9.17) is 9.47 Å². The molecule has 0 spiro atoms. The number of morpholine rings is 1. The van der Waals surface area contributed by atoms with Crippen LogP contribution in [0.1, 0.15) is 36.8 Å². The van der Waals surface area contributed by atoms with E-state index in [1.54, 1.807) is 6.07 Å². The molecule has 0 radical (unpaired) electrons. The van der Waals surface area contributed by atoms with Crippen molar-refractivity contribution in [1.29, 1.82) is 0 Å². The Bertz CT molecular complexity index is 1460. The van der Waals surface area contributed by atoms with Crippen LogP contribution in [0, 0.1) is 5.82 Å². The Morgan fingerprint density at radius 3 is 2.86 bits per heavy atom. The second kappa shape index (κ2) is 10.5. The molecule has 0 saturated carbocycles. The third kappa shape index (κ3) is 5.06. The molecule has 0 unspecified atom stereocenters. The minimum atomic E-state index is -0.306. The maximum Gasteiger partial charge on any atom is 0.326 e. The first-order chi connectivity index (χ1) is 18.2. The first-order valence-corrected chi connectivity index (χ1v) is 13.2. The van der Waals surface area contributed by atoms with Crippen LogP contribution in [-0.4, -0.2) is 53.9 Å². The molecule has 3 aromatic rings. The summed E-state index contributed by atoms with van der Waals surface area (Å²) in [5.41, 5.74) is 6.91. The number of rotatable bonds is 5. The molecule has 6 nitrogen and oxygen atoms in total. The summed E-state index contributed by atoms with van der Waals surface area (Å²) < 4.78 is 27.4. The number of halogens is 1. The number of imidazole rings is 1. The van der Waals surface area contributed by atoms with Crippen LogP contribution in [0.4, 0.5) is 4.39 Å². The van der Waals surface area contributed by atoms with Gasteiger partial charge >= 0.3 is 5.69 Å². The normalized spacial score (nSPS) is 19.4. The fraction of sp³-hybridized carbons (Fsp3) is 0.367. The van der Waals surface area contributed by atoms with Crippen LogP contribution >= 0.6 is 0 Å². The molecule has 2 aliphatic heterocycles. The van der Waals surface area contributed by atoms with Gasteiger partial charge in [0.25, 0.3) is 0 Å². The summed E-state index contributed by atoms with van der Waals surface area (Å²) in [4.78, 5) is 18.2. The fourth-order valence-electron chi connectivity index (χ4n) is 5.56. The molecular weight excluding hydrogens is 469 g/mol. The van der Waals surface area contributed by atoms with Crippen molar-refractivity contribution in [1.82, 2.24) is 14.5 Å². The van der Waals surface area contributed by atoms with Gasteiger partial charge in [-0.3, -0.25) is 9.47 Å². The summed E-state index contributed by atoms with van der Waals surface area (Å²) >= 11 is 0. The van der Waals surface area contributed by atoms with Crippen LogP contribution < -0.4 is 10.4 Å². The second-order valence-electron chi connectivity index (χ2n) is 9.96. The van der Waals surface area contributed by atoms with Gasteiger partial charge in [-0.2, -0.15) is 0 Å². The Labute approximate surface area is 215 Å². The molecule has 192 valence electrons. The highest BCUT2D eigenvalue weighted by Crippen LogP contribution is 2.40. The molecule has 1 aromatic heterocycles. The monoisotopic (exact) mass is 501 g/mol. The van der Waals surface area contributed by atoms with E-state index in [1.807, 2.05) is 16.7 Å². The van der Waals surface area contributed by atoms with Gasteiger partial charge in [0.1, 0.15) is 18.2 Å². The van der Waals surface area contributed by atoms with Crippen molar-refractivity contribution >= 4 is 22.7 Å². The summed E-state index contributed by atoms with van der Waals surface area (Å²) in [5, 5.41) is 0. The lowest BCUT2D eigenvalue weighted by Crippen LogP contribution is -2.37. The molecule has 1 aliphatic carbocycles. The van der Waals surface area contributed by atoms with Crippen LogP contribution in [0.15, 0.2) is 64.5 Å². The van der Waals surface area contributed by atoms with Crippen LogP contribution in [0.5, 0.6) is 5.75 Å². The zero-order chi connectivity index (χ0) is 25.2. The summed E-state index contributed by atoms with van der Waals surface area (Å²) in [6, 6.07) is 10.9. The van der Waals surface area contributed by atoms with Crippen molar-refractivity contribution in [2.75, 3.05) is 39.5 Å². The number of H-pyrrole nitrogens is 1. The van der Waals surface area contributed by atoms with Gasteiger partial charge < -0.3 is 14.5 Å². The van der Waals surface area contributed by atoms with Gasteiger partial charge in [-0.25, -0.2) is 9.18 Å². The van der Waals surface area contributed by atoms with Crippen molar-refractivity contribution in [3.63, 3.8) is 0 Å². The minimum absolute atomic E-state index is 0.0813. The van der Waals surface area contributed by atoms with Crippen LogP contribution in [0.2, 0.25) is 0 Å². The Balaban J connectivity index is 1.33. The number of allylic oxidation sites excluding steroid dienone is 4. The number of nitrogens with zero attached hydrogens (tertiary/aromatic N) is 2. The van der Waals surface area contributed by atoms with E-state index >= 15 is 0 Å². The van der Waals surface area contributed by atoms with Crippen LogP contribution in [-0.2, 0) is 11.3 Å². The van der Waals surface area contributed by atoms with Crippen molar-refractivity contribution in [2.24, 2.45) is 0 Å². The SMILES string of the molecule is O=c1[nH]c2cc(/C=C3\C4=C(CCCC=C4)COc4cc(F)ccc43)ccc2n1CCCN1CCOCC1. The van der Waals surface area contributed by atoms with Crippen LogP contribution in [0.25, 0.3) is 22.7 Å². The van der Waals surface area contributed by atoms with Gasteiger partial charge in [-0.05, 0) is 78.3 Å². The van der Waals surface area contributed by atoms with Crippen molar-refractivity contribution in [2.45, 2.75) is 32.2 Å². The topological polar surface area (TPSA) is 59.5 Å². The highest BCUT2D eigenvalue weighted by atomic mass is 19.1. The molecule has 0 bridgehead atoms. The molecule has 37 heavy (non-hydrogen) atoms. The van der Waals surface area contributed by atoms with Crippen molar-refractivity contribution in [3.8, 4) is 5.75 Å². The van der Waals surface area contributed by atoms with Crippen molar-refractivity contribution in [3.05, 3.63) is 87.1 Å². The third-order valence-electron chi connectivity index (χ3n) is 7.51. The van der Waals surface area contributed by atoms with Gasteiger partial charge in [-0.1, -0.05) is 18.2 Å². The average Bonchev–Trinajstić information content (AvgIpc) is 3.03. The molecule has 3 heterocycles. The van der Waals surface area contributed by atoms with Gasteiger partial charge in [0, 0.05) is 37.8 Å². The van der Waals surface area contributed by atoms with Crippen LogP contribution in [0.3, 0.4) is 0 Å². The zero-order valence-electron chi connectivity index (χ0n) is 21.0. The molecule has 3 aliphatic rings. The number of ether oxygens (including phenoxy) is 2. The molecule has 0 atom stereocenters. The van der Waals surface area contributed by atoms with E-state index in [0.29, 0.717) is 18.9 Å². The quantitative estimate of drug-likeness (QED) is 0.525. The molecule has 1 N–H and O–H groups in total.